The molecule has 142 valence electrons. The van der Waals surface area contributed by atoms with Crippen LogP contribution in [-0.4, -0.2) is 4.98 Å². The van der Waals surface area contributed by atoms with Crippen LogP contribution >= 0.6 is 0 Å². The Labute approximate surface area is 176 Å². The van der Waals surface area contributed by atoms with Crippen molar-refractivity contribution in [3.8, 4) is 22.3 Å². The van der Waals surface area contributed by atoms with Crippen LogP contribution in [0.5, 0.6) is 0 Å². The maximum absolute atomic E-state index is 4.40. The summed E-state index contributed by atoms with van der Waals surface area (Å²) in [6.07, 6.45) is 3.81. The molecule has 6 rings (SSSR count). The summed E-state index contributed by atoms with van der Waals surface area (Å²) in [5.74, 6) is 0. The van der Waals surface area contributed by atoms with Crippen molar-refractivity contribution in [3.05, 3.63) is 102 Å². The largest absolute Gasteiger partial charge is 0.264 e. The Morgan fingerprint density at radius 1 is 0.567 bits per heavy atom. The Hall–Kier alpha value is -3.71. The third-order valence-electron chi connectivity index (χ3n) is 6.16. The minimum atomic E-state index is 1.15. The normalized spacial score (nSPS) is 11.7. The molecule has 0 N–H and O–H groups in total. The number of aryl methyl sites for hydroxylation is 2. The number of hydrogen-bond acceptors (Lipinski definition) is 1. The fourth-order valence-corrected chi connectivity index (χ4v) is 4.88. The number of nitrogens with zero attached hydrogens (tertiary/aromatic N) is 1. The number of rotatable bonds is 2. The van der Waals surface area contributed by atoms with Crippen LogP contribution in [0.2, 0.25) is 0 Å². The topological polar surface area (TPSA) is 12.9 Å². The average Bonchev–Trinajstić information content (AvgIpc) is 2.77. The molecule has 1 heterocycles. The number of hydrogen-bond donors (Lipinski definition) is 0. The summed E-state index contributed by atoms with van der Waals surface area (Å²) in [6.45, 7) is 4.33. The molecule has 0 spiro atoms. The van der Waals surface area contributed by atoms with E-state index in [0.29, 0.717) is 0 Å². The molecule has 30 heavy (non-hydrogen) atoms. The van der Waals surface area contributed by atoms with Crippen molar-refractivity contribution in [1.82, 2.24) is 4.98 Å². The molecule has 0 amide bonds. The molecule has 0 unspecified atom stereocenters. The lowest BCUT2D eigenvalue weighted by Gasteiger charge is -2.18. The maximum Gasteiger partial charge on any atom is 0.0346 e. The summed E-state index contributed by atoms with van der Waals surface area (Å²) < 4.78 is 0. The van der Waals surface area contributed by atoms with Crippen molar-refractivity contribution in [2.45, 2.75) is 13.8 Å². The third-order valence-corrected chi connectivity index (χ3v) is 6.16. The molecule has 0 bridgehead atoms. The van der Waals surface area contributed by atoms with E-state index in [2.05, 4.69) is 91.6 Å². The second-order valence-electron chi connectivity index (χ2n) is 8.27. The molecular weight excluding hydrogens is 362 g/mol. The van der Waals surface area contributed by atoms with Gasteiger partial charge in [0.2, 0.25) is 0 Å². The first-order valence-corrected chi connectivity index (χ1v) is 10.4. The molecule has 1 nitrogen and oxygen atoms in total. The van der Waals surface area contributed by atoms with Gasteiger partial charge < -0.3 is 0 Å². The molecule has 0 saturated heterocycles. The molecule has 0 aliphatic rings. The first-order chi connectivity index (χ1) is 14.7. The van der Waals surface area contributed by atoms with Crippen LogP contribution in [0.1, 0.15) is 11.1 Å². The Bertz CT molecular complexity index is 1530. The minimum Gasteiger partial charge on any atom is -0.264 e. The van der Waals surface area contributed by atoms with Gasteiger partial charge in [0, 0.05) is 18.0 Å². The van der Waals surface area contributed by atoms with E-state index in [0.717, 1.165) is 5.56 Å². The van der Waals surface area contributed by atoms with Crippen molar-refractivity contribution in [1.29, 1.82) is 0 Å². The van der Waals surface area contributed by atoms with Gasteiger partial charge in [-0.25, -0.2) is 0 Å². The van der Waals surface area contributed by atoms with Crippen LogP contribution in [0.15, 0.2) is 91.3 Å². The van der Waals surface area contributed by atoms with E-state index in [1.54, 1.807) is 0 Å². The predicted molar refractivity (Wildman–Crippen MR) is 128 cm³/mol. The Morgan fingerprint density at radius 3 is 1.93 bits per heavy atom. The summed E-state index contributed by atoms with van der Waals surface area (Å²) in [4.78, 5) is 4.40. The average molecular weight is 383 g/mol. The van der Waals surface area contributed by atoms with Gasteiger partial charge in [-0.15, -0.1) is 0 Å². The summed E-state index contributed by atoms with van der Waals surface area (Å²) in [5.41, 5.74) is 7.50. The molecule has 0 aliphatic heterocycles. The zero-order valence-corrected chi connectivity index (χ0v) is 17.1. The minimum absolute atomic E-state index is 1.15. The van der Waals surface area contributed by atoms with Gasteiger partial charge in [-0.2, -0.15) is 0 Å². The van der Waals surface area contributed by atoms with Gasteiger partial charge >= 0.3 is 0 Å². The highest BCUT2D eigenvalue weighted by molar-refractivity contribution is 6.28. The molecule has 0 fully saturated rings. The van der Waals surface area contributed by atoms with Crippen molar-refractivity contribution in [2.24, 2.45) is 0 Å². The van der Waals surface area contributed by atoms with Gasteiger partial charge in [0.1, 0.15) is 0 Å². The van der Waals surface area contributed by atoms with E-state index in [4.69, 9.17) is 0 Å². The van der Waals surface area contributed by atoms with E-state index >= 15 is 0 Å². The molecule has 0 atom stereocenters. The Balaban J connectivity index is 1.84. The quantitative estimate of drug-likeness (QED) is 0.277. The second-order valence-corrected chi connectivity index (χ2v) is 8.27. The van der Waals surface area contributed by atoms with Gasteiger partial charge in [-0.05, 0) is 80.6 Å². The zero-order valence-electron chi connectivity index (χ0n) is 17.1. The van der Waals surface area contributed by atoms with Crippen LogP contribution in [0.4, 0.5) is 0 Å². The molecule has 0 radical (unpaired) electrons. The SMILES string of the molecule is Cc1cccc(-c2cc(-c3cccnc3)c3ccc4cc(C)cc5ccc2c3c45)c1. The fraction of sp³-hybridized carbons (Fsp3) is 0.0690. The van der Waals surface area contributed by atoms with Crippen LogP contribution in [0.25, 0.3) is 54.6 Å². The molecule has 0 aliphatic carbocycles. The first kappa shape index (κ1) is 17.2. The molecule has 1 heteroatoms. The first-order valence-electron chi connectivity index (χ1n) is 10.4. The van der Waals surface area contributed by atoms with Crippen LogP contribution in [-0.2, 0) is 0 Å². The van der Waals surface area contributed by atoms with Crippen molar-refractivity contribution < 1.29 is 0 Å². The molecule has 0 saturated carbocycles. The van der Waals surface area contributed by atoms with E-state index in [-0.39, 0.29) is 0 Å². The van der Waals surface area contributed by atoms with Crippen LogP contribution in [0, 0.1) is 13.8 Å². The Morgan fingerprint density at radius 2 is 1.27 bits per heavy atom. The van der Waals surface area contributed by atoms with Crippen molar-refractivity contribution in [2.75, 3.05) is 0 Å². The molecular formula is C29H21N. The lowest BCUT2D eigenvalue weighted by atomic mass is 9.85. The van der Waals surface area contributed by atoms with Crippen LogP contribution < -0.4 is 0 Å². The fourth-order valence-electron chi connectivity index (χ4n) is 4.88. The van der Waals surface area contributed by atoms with E-state index < -0.39 is 0 Å². The zero-order chi connectivity index (χ0) is 20.2. The van der Waals surface area contributed by atoms with E-state index in [9.17, 15) is 0 Å². The summed E-state index contributed by atoms with van der Waals surface area (Å²) in [7, 11) is 0. The smallest absolute Gasteiger partial charge is 0.0346 e. The standard InChI is InChI=1S/C29H21N/c1-18-5-3-6-20(13-18)26-16-27(23-7-4-12-30-17-23)25-11-9-22-15-19(2)14-21-8-10-24(26)29(25)28(21)22/h3-17H,1-2H3. The third kappa shape index (κ3) is 2.52. The summed E-state index contributed by atoms with van der Waals surface area (Å²) in [5, 5.41) is 7.92. The highest BCUT2D eigenvalue weighted by Crippen LogP contribution is 2.44. The maximum atomic E-state index is 4.40. The second kappa shape index (κ2) is 6.40. The number of benzene rings is 5. The molecule has 6 aromatic rings. The Kier molecular flexibility index (Phi) is 3.66. The highest BCUT2D eigenvalue weighted by atomic mass is 14.6. The molecule has 5 aromatic carbocycles. The summed E-state index contributed by atoms with van der Waals surface area (Å²) >= 11 is 0. The van der Waals surface area contributed by atoms with Gasteiger partial charge in [0.15, 0.2) is 0 Å². The van der Waals surface area contributed by atoms with Crippen LogP contribution in [0.3, 0.4) is 0 Å². The van der Waals surface area contributed by atoms with E-state index in [1.165, 1.54) is 60.1 Å². The van der Waals surface area contributed by atoms with E-state index in [1.807, 2.05) is 18.5 Å². The predicted octanol–water partition coefficient (Wildman–Crippen LogP) is 7.93. The number of pyridine rings is 1. The van der Waals surface area contributed by atoms with Crippen molar-refractivity contribution >= 4 is 32.3 Å². The van der Waals surface area contributed by atoms with Gasteiger partial charge in [-0.1, -0.05) is 72.3 Å². The monoisotopic (exact) mass is 383 g/mol. The number of aromatic nitrogens is 1. The highest BCUT2D eigenvalue weighted by Gasteiger charge is 2.16. The summed E-state index contributed by atoms with van der Waals surface area (Å²) in [6, 6.07) is 29.0. The van der Waals surface area contributed by atoms with Gasteiger partial charge in [-0.3, -0.25) is 4.98 Å². The van der Waals surface area contributed by atoms with Crippen molar-refractivity contribution in [3.63, 3.8) is 0 Å². The molecule has 1 aromatic heterocycles. The van der Waals surface area contributed by atoms with Gasteiger partial charge in [0.05, 0.1) is 0 Å². The lowest BCUT2D eigenvalue weighted by Crippen LogP contribution is -1.92. The lowest BCUT2D eigenvalue weighted by molar-refractivity contribution is 1.33. The van der Waals surface area contributed by atoms with Gasteiger partial charge in [0.25, 0.3) is 0 Å².